The molecule has 0 radical (unpaired) electrons. The van der Waals surface area contributed by atoms with E-state index in [0.717, 1.165) is 0 Å². The number of aryl methyl sites for hydroxylation is 1. The number of nitrogens with one attached hydrogen (secondary N) is 1. The number of hydrogen-bond acceptors (Lipinski definition) is 3. The standard InChI is InChI=1S/C14H19FN2O2/c1-10-3-2-4-11(12(10)15)13(18)17-14(9-16)5-7-19-8-6-14/h2-4H,5-9,16H2,1H3,(H,17,18). The van der Waals surface area contributed by atoms with E-state index < -0.39 is 17.3 Å². The number of ether oxygens (including phenoxy) is 1. The summed E-state index contributed by atoms with van der Waals surface area (Å²) >= 11 is 0. The van der Waals surface area contributed by atoms with Crippen LogP contribution in [-0.4, -0.2) is 31.2 Å². The first-order valence-corrected chi connectivity index (χ1v) is 6.43. The predicted molar refractivity (Wildman–Crippen MR) is 70.4 cm³/mol. The van der Waals surface area contributed by atoms with E-state index in [-0.39, 0.29) is 5.56 Å². The number of nitrogens with two attached hydrogens (primary N) is 1. The fourth-order valence-corrected chi connectivity index (χ4v) is 2.27. The molecule has 3 N–H and O–H groups in total. The first kappa shape index (κ1) is 14.0. The average Bonchev–Trinajstić information content (AvgIpc) is 2.42. The first-order valence-electron chi connectivity index (χ1n) is 6.43. The van der Waals surface area contributed by atoms with Crippen molar-refractivity contribution in [1.29, 1.82) is 0 Å². The summed E-state index contributed by atoms with van der Waals surface area (Å²) < 4.78 is 19.2. The summed E-state index contributed by atoms with van der Waals surface area (Å²) in [5, 5.41) is 2.88. The van der Waals surface area contributed by atoms with Crippen molar-refractivity contribution in [1.82, 2.24) is 5.32 Å². The number of rotatable bonds is 3. The van der Waals surface area contributed by atoms with Crippen LogP contribution in [0.1, 0.15) is 28.8 Å². The summed E-state index contributed by atoms with van der Waals surface area (Å²) in [6.45, 7) is 3.09. The van der Waals surface area contributed by atoms with E-state index in [1.807, 2.05) is 0 Å². The van der Waals surface area contributed by atoms with Gasteiger partial charge < -0.3 is 15.8 Å². The van der Waals surface area contributed by atoms with E-state index in [4.69, 9.17) is 10.5 Å². The lowest BCUT2D eigenvalue weighted by molar-refractivity contribution is 0.0387. The second-order valence-electron chi connectivity index (χ2n) is 4.99. The second kappa shape index (κ2) is 5.67. The van der Waals surface area contributed by atoms with Crippen LogP contribution in [0.4, 0.5) is 4.39 Å². The fourth-order valence-electron chi connectivity index (χ4n) is 2.27. The summed E-state index contributed by atoms with van der Waals surface area (Å²) in [4.78, 5) is 12.2. The molecule has 2 rings (SSSR count). The molecule has 5 heteroatoms. The molecular weight excluding hydrogens is 247 g/mol. The van der Waals surface area contributed by atoms with E-state index in [1.165, 1.54) is 6.07 Å². The fraction of sp³-hybridized carbons (Fsp3) is 0.500. The third kappa shape index (κ3) is 2.93. The van der Waals surface area contributed by atoms with Gasteiger partial charge >= 0.3 is 0 Å². The number of benzene rings is 1. The largest absolute Gasteiger partial charge is 0.381 e. The maximum Gasteiger partial charge on any atom is 0.254 e. The summed E-state index contributed by atoms with van der Waals surface area (Å²) in [6, 6.07) is 4.80. The Balaban J connectivity index is 2.17. The topological polar surface area (TPSA) is 64.4 Å². The summed E-state index contributed by atoms with van der Waals surface area (Å²) in [5.41, 5.74) is 5.82. The van der Waals surface area contributed by atoms with Gasteiger partial charge in [-0.1, -0.05) is 12.1 Å². The van der Waals surface area contributed by atoms with E-state index in [0.29, 0.717) is 38.2 Å². The molecule has 1 aromatic rings. The van der Waals surface area contributed by atoms with Crippen LogP contribution in [0.3, 0.4) is 0 Å². The van der Waals surface area contributed by atoms with Crippen molar-refractivity contribution < 1.29 is 13.9 Å². The van der Waals surface area contributed by atoms with Crippen molar-refractivity contribution in [3.63, 3.8) is 0 Å². The molecule has 0 bridgehead atoms. The highest BCUT2D eigenvalue weighted by Gasteiger charge is 2.33. The van der Waals surface area contributed by atoms with Crippen LogP contribution in [0.25, 0.3) is 0 Å². The van der Waals surface area contributed by atoms with Gasteiger partial charge in [-0.2, -0.15) is 0 Å². The van der Waals surface area contributed by atoms with E-state index in [1.54, 1.807) is 19.1 Å². The smallest absolute Gasteiger partial charge is 0.254 e. The third-order valence-corrected chi connectivity index (χ3v) is 3.66. The van der Waals surface area contributed by atoms with Gasteiger partial charge in [0.2, 0.25) is 0 Å². The van der Waals surface area contributed by atoms with Crippen molar-refractivity contribution >= 4 is 5.91 Å². The van der Waals surface area contributed by atoms with Gasteiger partial charge in [0.25, 0.3) is 5.91 Å². The predicted octanol–water partition coefficient (Wildman–Crippen LogP) is 1.37. The van der Waals surface area contributed by atoms with Crippen LogP contribution < -0.4 is 11.1 Å². The Bertz CT molecular complexity index is 471. The molecular formula is C14H19FN2O2. The molecule has 1 fully saturated rings. The van der Waals surface area contributed by atoms with Gasteiger partial charge in [0.05, 0.1) is 11.1 Å². The molecule has 4 nitrogen and oxygen atoms in total. The first-order chi connectivity index (χ1) is 9.08. The third-order valence-electron chi connectivity index (χ3n) is 3.66. The average molecular weight is 266 g/mol. The van der Waals surface area contributed by atoms with E-state index in [2.05, 4.69) is 5.32 Å². The second-order valence-corrected chi connectivity index (χ2v) is 4.99. The Kier molecular flexibility index (Phi) is 4.17. The minimum Gasteiger partial charge on any atom is -0.381 e. The van der Waals surface area contributed by atoms with Crippen LogP contribution in [0.15, 0.2) is 18.2 Å². The molecule has 0 aliphatic carbocycles. The molecule has 1 aliphatic rings. The number of hydrogen-bond donors (Lipinski definition) is 2. The minimum atomic E-state index is -0.481. The molecule has 1 aromatic carbocycles. The van der Waals surface area contributed by atoms with Crippen LogP contribution in [-0.2, 0) is 4.74 Å². The van der Waals surface area contributed by atoms with Crippen LogP contribution >= 0.6 is 0 Å². The van der Waals surface area contributed by atoms with E-state index in [9.17, 15) is 9.18 Å². The number of carbonyl (C=O) groups is 1. The molecule has 1 aliphatic heterocycles. The lowest BCUT2D eigenvalue weighted by atomic mass is 9.89. The SMILES string of the molecule is Cc1cccc(C(=O)NC2(CN)CCOCC2)c1F. The summed E-state index contributed by atoms with van der Waals surface area (Å²) in [5.74, 6) is -0.882. The zero-order valence-electron chi connectivity index (χ0n) is 11.0. The van der Waals surface area contributed by atoms with Gasteiger partial charge in [0, 0.05) is 19.8 Å². The van der Waals surface area contributed by atoms with Crippen LogP contribution in [0.5, 0.6) is 0 Å². The van der Waals surface area contributed by atoms with Gasteiger partial charge in [0.15, 0.2) is 0 Å². The van der Waals surface area contributed by atoms with Crippen molar-refractivity contribution in [2.45, 2.75) is 25.3 Å². The Morgan fingerprint density at radius 1 is 1.47 bits per heavy atom. The zero-order valence-corrected chi connectivity index (χ0v) is 11.0. The molecule has 19 heavy (non-hydrogen) atoms. The van der Waals surface area contributed by atoms with Gasteiger partial charge in [-0.3, -0.25) is 4.79 Å². The maximum absolute atomic E-state index is 13.9. The van der Waals surface area contributed by atoms with Crippen molar-refractivity contribution in [3.05, 3.63) is 35.1 Å². The molecule has 1 amide bonds. The molecule has 0 spiro atoms. The molecule has 0 saturated carbocycles. The molecule has 0 atom stereocenters. The van der Waals surface area contributed by atoms with E-state index >= 15 is 0 Å². The van der Waals surface area contributed by atoms with Gasteiger partial charge in [-0.25, -0.2) is 4.39 Å². The number of amides is 1. The van der Waals surface area contributed by atoms with Gasteiger partial charge in [0.1, 0.15) is 5.82 Å². The Labute approximate surface area is 112 Å². The van der Waals surface area contributed by atoms with Crippen LogP contribution in [0, 0.1) is 12.7 Å². The van der Waals surface area contributed by atoms with Crippen LogP contribution in [0.2, 0.25) is 0 Å². The Morgan fingerprint density at radius 2 is 2.16 bits per heavy atom. The van der Waals surface area contributed by atoms with Crippen molar-refractivity contribution in [3.8, 4) is 0 Å². The molecule has 0 unspecified atom stereocenters. The maximum atomic E-state index is 13.9. The quantitative estimate of drug-likeness (QED) is 0.868. The molecule has 104 valence electrons. The van der Waals surface area contributed by atoms with Gasteiger partial charge in [-0.15, -0.1) is 0 Å². The van der Waals surface area contributed by atoms with Crippen molar-refractivity contribution in [2.24, 2.45) is 5.73 Å². The Morgan fingerprint density at radius 3 is 2.79 bits per heavy atom. The van der Waals surface area contributed by atoms with Crippen molar-refractivity contribution in [2.75, 3.05) is 19.8 Å². The minimum absolute atomic E-state index is 0.0688. The highest BCUT2D eigenvalue weighted by Crippen LogP contribution is 2.21. The summed E-state index contributed by atoms with van der Waals surface area (Å²) in [6.07, 6.45) is 1.31. The molecule has 0 aromatic heterocycles. The number of carbonyl (C=O) groups excluding carboxylic acids is 1. The zero-order chi connectivity index (χ0) is 13.9. The lowest BCUT2D eigenvalue weighted by Gasteiger charge is -2.37. The normalized spacial score (nSPS) is 18.1. The molecule has 1 saturated heterocycles. The monoisotopic (exact) mass is 266 g/mol. The Hall–Kier alpha value is -1.46. The summed E-state index contributed by atoms with van der Waals surface area (Å²) in [7, 11) is 0. The lowest BCUT2D eigenvalue weighted by Crippen LogP contribution is -2.56. The molecule has 1 heterocycles. The van der Waals surface area contributed by atoms with Gasteiger partial charge in [-0.05, 0) is 31.4 Å². The highest BCUT2D eigenvalue weighted by atomic mass is 19.1. The highest BCUT2D eigenvalue weighted by molar-refractivity contribution is 5.95. The number of halogens is 1.